The Labute approximate surface area is 53.2 Å². The Kier molecular flexibility index (Phi) is 1.47. The molecule has 2 N–H and O–H groups in total. The first-order valence-electron chi connectivity index (χ1n) is 3.13. The van der Waals surface area contributed by atoms with Gasteiger partial charge in [-0.25, -0.2) is 8.78 Å². The first kappa shape index (κ1) is 6.93. The number of halogens is 2. The van der Waals surface area contributed by atoms with E-state index in [1.807, 2.05) is 0 Å². The molecule has 1 saturated carbocycles. The van der Waals surface area contributed by atoms with E-state index in [0.29, 0.717) is 0 Å². The average Bonchev–Trinajstić information content (AvgIpc) is 2.47. The van der Waals surface area contributed by atoms with E-state index < -0.39 is 17.9 Å². The predicted octanol–water partition coefficient (Wildman–Crippen LogP) is 1.38. The molecule has 0 heterocycles. The molecule has 1 nitrogen and oxygen atoms in total. The van der Waals surface area contributed by atoms with Gasteiger partial charge in [0.2, 0.25) is 6.43 Å². The number of hydrogen-bond donors (Lipinski definition) is 1. The first-order chi connectivity index (χ1) is 4.06. The lowest BCUT2D eigenvalue weighted by Gasteiger charge is -2.16. The molecule has 0 aliphatic heterocycles. The van der Waals surface area contributed by atoms with Gasteiger partial charge in [0.15, 0.2) is 0 Å². The maximum atomic E-state index is 11.9. The van der Waals surface area contributed by atoms with Crippen LogP contribution in [0.5, 0.6) is 0 Å². The lowest BCUT2D eigenvalue weighted by Crippen LogP contribution is -2.34. The Bertz CT molecular complexity index is 110. The van der Waals surface area contributed by atoms with E-state index in [4.69, 9.17) is 5.73 Å². The fourth-order valence-electron chi connectivity index (χ4n) is 0.851. The van der Waals surface area contributed by atoms with Crippen molar-refractivity contribution in [3.63, 3.8) is 0 Å². The van der Waals surface area contributed by atoms with Crippen LogP contribution in [0.15, 0.2) is 0 Å². The summed E-state index contributed by atoms with van der Waals surface area (Å²) < 4.78 is 23.8. The van der Waals surface area contributed by atoms with Gasteiger partial charge in [0, 0.05) is 11.5 Å². The van der Waals surface area contributed by atoms with Crippen molar-refractivity contribution in [1.82, 2.24) is 0 Å². The van der Waals surface area contributed by atoms with Crippen LogP contribution in [0.1, 0.15) is 19.8 Å². The Balaban J connectivity index is 2.42. The molecule has 1 aliphatic carbocycles. The highest BCUT2D eigenvalue weighted by Gasteiger charge is 2.47. The minimum absolute atomic E-state index is 0.520. The third-order valence-corrected chi connectivity index (χ3v) is 2.11. The topological polar surface area (TPSA) is 26.0 Å². The van der Waals surface area contributed by atoms with E-state index in [-0.39, 0.29) is 0 Å². The summed E-state index contributed by atoms with van der Waals surface area (Å²) in [6, 6.07) is 0. The van der Waals surface area contributed by atoms with Gasteiger partial charge in [-0.2, -0.15) is 0 Å². The Morgan fingerprint density at radius 3 is 2.00 bits per heavy atom. The molecule has 0 aromatic heterocycles. The van der Waals surface area contributed by atoms with Gasteiger partial charge in [0.1, 0.15) is 0 Å². The second kappa shape index (κ2) is 1.90. The SMILES string of the molecule is CC(C(F)F)C1(N)CC1. The van der Waals surface area contributed by atoms with Crippen LogP contribution in [-0.4, -0.2) is 12.0 Å². The van der Waals surface area contributed by atoms with Crippen molar-refractivity contribution < 1.29 is 8.78 Å². The van der Waals surface area contributed by atoms with E-state index in [0.717, 1.165) is 12.8 Å². The van der Waals surface area contributed by atoms with Gasteiger partial charge in [-0.1, -0.05) is 6.92 Å². The molecular formula is C6H11F2N. The summed E-state index contributed by atoms with van der Waals surface area (Å²) >= 11 is 0. The molecule has 0 spiro atoms. The highest BCUT2D eigenvalue weighted by Crippen LogP contribution is 2.41. The zero-order chi connectivity index (χ0) is 7.07. The van der Waals surface area contributed by atoms with Crippen LogP contribution in [-0.2, 0) is 0 Å². The smallest absolute Gasteiger partial charge is 0.242 e. The van der Waals surface area contributed by atoms with Crippen molar-refractivity contribution in [3.05, 3.63) is 0 Å². The van der Waals surface area contributed by atoms with Crippen LogP contribution in [0.4, 0.5) is 8.78 Å². The quantitative estimate of drug-likeness (QED) is 0.608. The molecule has 0 aromatic rings. The molecule has 1 unspecified atom stereocenters. The van der Waals surface area contributed by atoms with Crippen molar-refractivity contribution in [2.75, 3.05) is 0 Å². The lowest BCUT2D eigenvalue weighted by atomic mass is 10.0. The fourth-order valence-corrected chi connectivity index (χ4v) is 0.851. The third kappa shape index (κ3) is 1.21. The van der Waals surface area contributed by atoms with Crippen LogP contribution in [0.2, 0.25) is 0 Å². The predicted molar refractivity (Wildman–Crippen MR) is 31.3 cm³/mol. The molecule has 3 heteroatoms. The summed E-state index contributed by atoms with van der Waals surface area (Å²) in [7, 11) is 0. The Hall–Kier alpha value is -0.180. The summed E-state index contributed by atoms with van der Waals surface area (Å²) in [5.74, 6) is -0.627. The van der Waals surface area contributed by atoms with Crippen LogP contribution in [0.3, 0.4) is 0 Å². The molecule has 0 aromatic carbocycles. The molecule has 1 rings (SSSR count). The summed E-state index contributed by atoms with van der Waals surface area (Å²) in [6.45, 7) is 1.51. The van der Waals surface area contributed by atoms with Crippen molar-refractivity contribution in [2.24, 2.45) is 11.7 Å². The summed E-state index contributed by atoms with van der Waals surface area (Å²) in [5.41, 5.74) is 4.99. The Morgan fingerprint density at radius 2 is 1.89 bits per heavy atom. The number of alkyl halides is 2. The fraction of sp³-hybridized carbons (Fsp3) is 1.00. The minimum Gasteiger partial charge on any atom is -0.325 e. The van der Waals surface area contributed by atoms with E-state index in [2.05, 4.69) is 0 Å². The van der Waals surface area contributed by atoms with Crippen molar-refractivity contribution in [3.8, 4) is 0 Å². The number of nitrogens with two attached hydrogens (primary N) is 1. The molecule has 1 aliphatic rings. The van der Waals surface area contributed by atoms with Gasteiger partial charge in [-0.15, -0.1) is 0 Å². The van der Waals surface area contributed by atoms with E-state index >= 15 is 0 Å². The van der Waals surface area contributed by atoms with Crippen molar-refractivity contribution >= 4 is 0 Å². The zero-order valence-corrected chi connectivity index (χ0v) is 5.40. The molecule has 1 atom stereocenters. The van der Waals surface area contributed by atoms with E-state index in [1.165, 1.54) is 6.92 Å². The third-order valence-electron chi connectivity index (χ3n) is 2.11. The van der Waals surface area contributed by atoms with Crippen molar-refractivity contribution in [1.29, 1.82) is 0 Å². The van der Waals surface area contributed by atoms with E-state index in [1.54, 1.807) is 0 Å². The average molecular weight is 135 g/mol. The van der Waals surface area contributed by atoms with Crippen LogP contribution in [0, 0.1) is 5.92 Å². The van der Waals surface area contributed by atoms with Crippen molar-refractivity contribution in [2.45, 2.75) is 31.7 Å². The van der Waals surface area contributed by atoms with Crippen LogP contribution >= 0.6 is 0 Å². The first-order valence-corrected chi connectivity index (χ1v) is 3.13. The molecule has 0 saturated heterocycles. The number of hydrogen-bond acceptors (Lipinski definition) is 1. The maximum absolute atomic E-state index is 11.9. The zero-order valence-electron chi connectivity index (χ0n) is 5.40. The minimum atomic E-state index is -2.25. The summed E-state index contributed by atoms with van der Waals surface area (Å²) in [5, 5.41) is 0. The van der Waals surface area contributed by atoms with Crippen LogP contribution in [0.25, 0.3) is 0 Å². The summed E-state index contributed by atoms with van der Waals surface area (Å²) in [6.07, 6.45) is -0.728. The molecular weight excluding hydrogens is 124 g/mol. The highest BCUT2D eigenvalue weighted by atomic mass is 19.3. The molecule has 0 amide bonds. The van der Waals surface area contributed by atoms with Crippen LogP contribution < -0.4 is 5.73 Å². The standard InChI is InChI=1S/C6H11F2N/c1-4(5(7)8)6(9)2-3-6/h4-5H,2-3,9H2,1H3. The molecule has 9 heavy (non-hydrogen) atoms. The normalized spacial score (nSPS) is 26.3. The number of rotatable bonds is 2. The second-order valence-corrected chi connectivity index (χ2v) is 2.86. The lowest BCUT2D eigenvalue weighted by molar-refractivity contribution is 0.0675. The molecule has 0 bridgehead atoms. The Morgan fingerprint density at radius 1 is 1.44 bits per heavy atom. The second-order valence-electron chi connectivity index (χ2n) is 2.86. The molecule has 1 fully saturated rings. The van der Waals surface area contributed by atoms with Gasteiger partial charge in [-0.3, -0.25) is 0 Å². The van der Waals surface area contributed by atoms with Gasteiger partial charge >= 0.3 is 0 Å². The monoisotopic (exact) mass is 135 g/mol. The summed E-state index contributed by atoms with van der Waals surface area (Å²) in [4.78, 5) is 0. The van der Waals surface area contributed by atoms with E-state index in [9.17, 15) is 8.78 Å². The molecule has 54 valence electrons. The molecule has 0 radical (unpaired) electrons. The van der Waals surface area contributed by atoms with Gasteiger partial charge < -0.3 is 5.73 Å². The highest BCUT2D eigenvalue weighted by molar-refractivity contribution is 5.03. The van der Waals surface area contributed by atoms with Gasteiger partial charge in [0.25, 0.3) is 0 Å². The largest absolute Gasteiger partial charge is 0.325 e. The maximum Gasteiger partial charge on any atom is 0.242 e. The van der Waals surface area contributed by atoms with Gasteiger partial charge in [-0.05, 0) is 12.8 Å². The van der Waals surface area contributed by atoms with Gasteiger partial charge in [0.05, 0.1) is 0 Å².